The van der Waals surface area contributed by atoms with Gasteiger partial charge in [-0.3, -0.25) is 0 Å². The zero-order valence-electron chi connectivity index (χ0n) is 5.40. The topological polar surface area (TPSA) is 12.0 Å². The van der Waals surface area contributed by atoms with Crippen LogP contribution in [-0.2, 0) is 0 Å². The van der Waals surface area contributed by atoms with Gasteiger partial charge in [-0.15, -0.1) is 23.2 Å². The van der Waals surface area contributed by atoms with Crippen LogP contribution in [0.15, 0.2) is 23.9 Å². The SMILES string of the molecule is ClC[C]1C=CC=C(CCl)N1. The summed E-state index contributed by atoms with van der Waals surface area (Å²) in [6.45, 7) is 0. The van der Waals surface area contributed by atoms with Crippen LogP contribution >= 0.6 is 23.2 Å². The van der Waals surface area contributed by atoms with Crippen molar-refractivity contribution in [1.82, 2.24) is 5.32 Å². The second-order valence-electron chi connectivity index (χ2n) is 1.97. The minimum absolute atomic E-state index is 0.505. The van der Waals surface area contributed by atoms with Crippen LogP contribution in [0.1, 0.15) is 0 Å². The number of alkyl halides is 2. The standard InChI is InChI=1S/C7H8Cl2N/c8-4-6-2-1-3-7(5-9)10-6/h1-3,10H,4-5H2. The Balaban J connectivity index is 2.50. The van der Waals surface area contributed by atoms with Crippen LogP contribution in [0.5, 0.6) is 0 Å². The first-order chi connectivity index (χ1) is 4.86. The molecule has 3 heteroatoms. The number of hydrogen-bond donors (Lipinski definition) is 1. The molecule has 10 heavy (non-hydrogen) atoms. The van der Waals surface area contributed by atoms with Gasteiger partial charge in [-0.05, 0) is 6.08 Å². The molecule has 1 aliphatic heterocycles. The van der Waals surface area contributed by atoms with Crippen LogP contribution in [0.25, 0.3) is 0 Å². The smallest absolute Gasteiger partial charge is 0.0972 e. The van der Waals surface area contributed by atoms with Gasteiger partial charge in [0.1, 0.15) is 0 Å². The maximum atomic E-state index is 5.58. The minimum atomic E-state index is 0.505. The molecule has 0 aromatic rings. The van der Waals surface area contributed by atoms with Crippen LogP contribution in [0.3, 0.4) is 0 Å². The number of dihydropyridines is 1. The zero-order chi connectivity index (χ0) is 7.40. The van der Waals surface area contributed by atoms with Gasteiger partial charge in [0, 0.05) is 5.70 Å². The highest BCUT2D eigenvalue weighted by molar-refractivity contribution is 6.20. The lowest BCUT2D eigenvalue weighted by Gasteiger charge is -2.16. The average Bonchev–Trinajstić information content (AvgIpc) is 2.05. The van der Waals surface area contributed by atoms with E-state index in [9.17, 15) is 0 Å². The quantitative estimate of drug-likeness (QED) is 0.636. The number of halogens is 2. The van der Waals surface area contributed by atoms with E-state index in [0.29, 0.717) is 11.8 Å². The first-order valence-corrected chi connectivity index (χ1v) is 4.05. The second-order valence-corrected chi connectivity index (χ2v) is 2.50. The van der Waals surface area contributed by atoms with Gasteiger partial charge in [0.2, 0.25) is 0 Å². The predicted octanol–water partition coefficient (Wildman–Crippen LogP) is 2.04. The molecule has 1 nitrogen and oxygen atoms in total. The normalized spacial score (nSPS) is 18.4. The van der Waals surface area contributed by atoms with E-state index in [2.05, 4.69) is 5.32 Å². The summed E-state index contributed by atoms with van der Waals surface area (Å²) in [5.41, 5.74) is 1.000. The van der Waals surface area contributed by atoms with Gasteiger partial charge in [0.15, 0.2) is 0 Å². The van der Waals surface area contributed by atoms with Gasteiger partial charge in [-0.25, -0.2) is 0 Å². The number of rotatable bonds is 2. The highest BCUT2D eigenvalue weighted by Gasteiger charge is 2.07. The minimum Gasteiger partial charge on any atom is -0.375 e. The molecule has 0 saturated carbocycles. The van der Waals surface area contributed by atoms with Crippen LogP contribution in [0.2, 0.25) is 0 Å². The monoisotopic (exact) mass is 176 g/mol. The molecule has 0 aromatic carbocycles. The molecular formula is C7H8Cl2N. The van der Waals surface area contributed by atoms with E-state index in [1.807, 2.05) is 18.2 Å². The zero-order valence-corrected chi connectivity index (χ0v) is 6.91. The molecule has 0 atom stereocenters. The maximum Gasteiger partial charge on any atom is 0.0972 e. The molecule has 55 valence electrons. The van der Waals surface area contributed by atoms with Gasteiger partial charge in [0.25, 0.3) is 0 Å². The Bertz CT molecular complexity index is 163. The Morgan fingerprint density at radius 2 is 2.10 bits per heavy atom. The van der Waals surface area contributed by atoms with E-state index >= 15 is 0 Å². The Morgan fingerprint density at radius 3 is 2.70 bits per heavy atom. The Morgan fingerprint density at radius 1 is 1.30 bits per heavy atom. The number of nitrogens with one attached hydrogen (secondary N) is 1. The summed E-state index contributed by atoms with van der Waals surface area (Å²) in [5, 5.41) is 3.08. The van der Waals surface area contributed by atoms with Crippen molar-refractivity contribution in [2.45, 2.75) is 0 Å². The molecular weight excluding hydrogens is 169 g/mol. The lowest BCUT2D eigenvalue weighted by molar-refractivity contribution is 0.869. The summed E-state index contributed by atoms with van der Waals surface area (Å²) in [6, 6.07) is 1.000. The summed E-state index contributed by atoms with van der Waals surface area (Å²) in [5.74, 6) is 1.01. The Hall–Kier alpha value is -0.140. The third-order valence-electron chi connectivity index (χ3n) is 1.20. The number of allylic oxidation sites excluding steroid dienone is 3. The maximum absolute atomic E-state index is 5.58. The van der Waals surface area contributed by atoms with Crippen molar-refractivity contribution in [3.63, 3.8) is 0 Å². The van der Waals surface area contributed by atoms with Crippen molar-refractivity contribution in [1.29, 1.82) is 0 Å². The first kappa shape index (κ1) is 7.96. The van der Waals surface area contributed by atoms with Crippen LogP contribution in [0, 0.1) is 6.04 Å². The lowest BCUT2D eigenvalue weighted by Crippen LogP contribution is -2.22. The molecule has 0 amide bonds. The van der Waals surface area contributed by atoms with Gasteiger partial charge in [-0.1, -0.05) is 12.2 Å². The average molecular weight is 177 g/mol. The fourth-order valence-electron chi connectivity index (χ4n) is 0.726. The van der Waals surface area contributed by atoms with Crippen molar-refractivity contribution in [2.75, 3.05) is 11.8 Å². The summed E-state index contributed by atoms with van der Waals surface area (Å²) in [6.07, 6.45) is 5.80. The molecule has 0 spiro atoms. The van der Waals surface area contributed by atoms with Gasteiger partial charge in [-0.2, -0.15) is 0 Å². The van der Waals surface area contributed by atoms with Crippen molar-refractivity contribution in [2.24, 2.45) is 0 Å². The summed E-state index contributed by atoms with van der Waals surface area (Å²) >= 11 is 11.2. The van der Waals surface area contributed by atoms with Crippen molar-refractivity contribution < 1.29 is 0 Å². The van der Waals surface area contributed by atoms with Crippen molar-refractivity contribution in [3.05, 3.63) is 30.0 Å². The summed E-state index contributed by atoms with van der Waals surface area (Å²) in [7, 11) is 0. The fourth-order valence-corrected chi connectivity index (χ4v) is 1.04. The van der Waals surface area contributed by atoms with E-state index in [4.69, 9.17) is 23.2 Å². The Kier molecular flexibility index (Phi) is 3.10. The molecule has 0 bridgehead atoms. The highest BCUT2D eigenvalue weighted by atomic mass is 35.5. The highest BCUT2D eigenvalue weighted by Crippen LogP contribution is 2.10. The predicted molar refractivity (Wildman–Crippen MR) is 45.0 cm³/mol. The summed E-state index contributed by atoms with van der Waals surface area (Å²) in [4.78, 5) is 0. The molecule has 1 N–H and O–H groups in total. The van der Waals surface area contributed by atoms with Gasteiger partial charge in [0.05, 0.1) is 17.8 Å². The van der Waals surface area contributed by atoms with E-state index < -0.39 is 0 Å². The number of hydrogen-bond acceptors (Lipinski definition) is 1. The van der Waals surface area contributed by atoms with Crippen LogP contribution in [0.4, 0.5) is 0 Å². The first-order valence-electron chi connectivity index (χ1n) is 2.99. The van der Waals surface area contributed by atoms with Gasteiger partial charge >= 0.3 is 0 Å². The van der Waals surface area contributed by atoms with Crippen LogP contribution in [-0.4, -0.2) is 11.8 Å². The van der Waals surface area contributed by atoms with E-state index in [0.717, 1.165) is 11.7 Å². The second kappa shape index (κ2) is 3.89. The summed E-state index contributed by atoms with van der Waals surface area (Å²) < 4.78 is 0. The van der Waals surface area contributed by atoms with E-state index in [1.54, 1.807) is 0 Å². The third kappa shape index (κ3) is 1.93. The molecule has 1 aliphatic rings. The molecule has 0 unspecified atom stereocenters. The lowest BCUT2D eigenvalue weighted by atomic mass is 10.2. The molecule has 0 aliphatic carbocycles. The van der Waals surface area contributed by atoms with E-state index in [1.165, 1.54) is 0 Å². The molecule has 1 rings (SSSR count). The fraction of sp³-hybridized carbons (Fsp3) is 0.286. The molecule has 1 radical (unpaired) electrons. The third-order valence-corrected chi connectivity index (χ3v) is 1.78. The van der Waals surface area contributed by atoms with Gasteiger partial charge < -0.3 is 5.32 Å². The van der Waals surface area contributed by atoms with Crippen molar-refractivity contribution in [3.8, 4) is 0 Å². The molecule has 0 saturated heterocycles. The van der Waals surface area contributed by atoms with Crippen LogP contribution < -0.4 is 5.32 Å². The molecule has 1 heterocycles. The molecule has 0 fully saturated rings. The largest absolute Gasteiger partial charge is 0.375 e. The van der Waals surface area contributed by atoms with E-state index in [-0.39, 0.29) is 0 Å². The molecule has 0 aromatic heterocycles. The Labute approximate surface area is 70.7 Å². The van der Waals surface area contributed by atoms with Crippen molar-refractivity contribution >= 4 is 23.2 Å².